The molecule has 3 aliphatic heterocycles. The van der Waals surface area contributed by atoms with Crippen molar-refractivity contribution in [2.45, 2.75) is 82.0 Å². The van der Waals surface area contributed by atoms with Crippen molar-refractivity contribution in [3.63, 3.8) is 0 Å². The Kier molecular flexibility index (Phi) is 9.55. The van der Waals surface area contributed by atoms with E-state index < -0.39 is 12.0 Å². The summed E-state index contributed by atoms with van der Waals surface area (Å²) in [5.41, 5.74) is 5.55. The topological polar surface area (TPSA) is 141 Å². The first kappa shape index (κ1) is 24.7. The summed E-state index contributed by atoms with van der Waals surface area (Å²) in [6, 6.07) is -0.629. The molecule has 3 fully saturated rings. The fourth-order valence-corrected chi connectivity index (χ4v) is 4.97. The molecule has 10 nitrogen and oxygen atoms in total. The molecule has 0 bridgehead atoms. The van der Waals surface area contributed by atoms with E-state index in [-0.39, 0.29) is 36.5 Å². The number of guanidine groups is 1. The third kappa shape index (κ3) is 7.31. The van der Waals surface area contributed by atoms with Gasteiger partial charge in [0.15, 0.2) is 5.96 Å². The molecule has 3 rings (SSSR count). The van der Waals surface area contributed by atoms with Gasteiger partial charge in [-0.15, -0.1) is 0 Å². The lowest BCUT2D eigenvalue weighted by molar-refractivity contribution is -0.145. The maximum atomic E-state index is 13.4. The molecule has 32 heavy (non-hydrogen) atoms. The van der Waals surface area contributed by atoms with E-state index in [1.54, 1.807) is 0 Å². The molecule has 3 atom stereocenters. The van der Waals surface area contributed by atoms with Gasteiger partial charge in [-0.2, -0.15) is 0 Å². The molecule has 1 amide bonds. The summed E-state index contributed by atoms with van der Waals surface area (Å²) in [5, 5.41) is 20.2. The van der Waals surface area contributed by atoms with Crippen LogP contribution in [0.3, 0.4) is 0 Å². The lowest BCUT2D eigenvalue weighted by Gasteiger charge is -2.39. The van der Waals surface area contributed by atoms with Gasteiger partial charge in [0.2, 0.25) is 5.91 Å². The van der Waals surface area contributed by atoms with Gasteiger partial charge in [0.25, 0.3) is 0 Å². The Balaban J connectivity index is 1.51. The number of rotatable bonds is 9. The zero-order valence-electron chi connectivity index (χ0n) is 19.0. The minimum Gasteiger partial charge on any atom is -0.481 e. The summed E-state index contributed by atoms with van der Waals surface area (Å²) >= 11 is 0. The molecule has 3 heterocycles. The average molecular weight is 454 g/mol. The van der Waals surface area contributed by atoms with Crippen LogP contribution in [0.2, 0.25) is 0 Å². The maximum Gasteiger partial charge on any atom is 0.305 e. The van der Waals surface area contributed by atoms with Crippen molar-refractivity contribution in [1.82, 2.24) is 15.1 Å². The number of ether oxygens (including phenoxy) is 2. The quantitative estimate of drug-likeness (QED) is 0.296. The van der Waals surface area contributed by atoms with Crippen LogP contribution in [0.15, 0.2) is 0 Å². The number of amides is 1. The summed E-state index contributed by atoms with van der Waals surface area (Å²) in [4.78, 5) is 28.5. The van der Waals surface area contributed by atoms with E-state index in [1.807, 2.05) is 9.80 Å². The molecule has 0 aromatic heterocycles. The minimum atomic E-state index is -0.971. The predicted molar refractivity (Wildman–Crippen MR) is 119 cm³/mol. The first-order chi connectivity index (χ1) is 15.4. The minimum absolute atomic E-state index is 0.0180. The Morgan fingerprint density at radius 2 is 1.94 bits per heavy atom. The monoisotopic (exact) mass is 453 g/mol. The number of nitrogens with zero attached hydrogens (tertiary/aromatic N) is 2. The van der Waals surface area contributed by atoms with E-state index >= 15 is 0 Å². The van der Waals surface area contributed by atoms with Gasteiger partial charge in [-0.25, -0.2) is 0 Å². The van der Waals surface area contributed by atoms with E-state index in [1.165, 1.54) is 0 Å². The fourth-order valence-electron chi connectivity index (χ4n) is 4.97. The van der Waals surface area contributed by atoms with Crippen molar-refractivity contribution in [1.29, 1.82) is 5.41 Å². The Morgan fingerprint density at radius 3 is 2.59 bits per heavy atom. The van der Waals surface area contributed by atoms with E-state index in [0.717, 1.165) is 71.1 Å². The zero-order chi connectivity index (χ0) is 22.9. The molecule has 3 aliphatic rings. The molecular weight excluding hydrogens is 414 g/mol. The molecule has 0 radical (unpaired) electrons. The molecular formula is C22H39N5O5. The number of likely N-dealkylation sites (tertiary alicyclic amines) is 2. The smallest absolute Gasteiger partial charge is 0.305 e. The van der Waals surface area contributed by atoms with E-state index in [4.69, 9.17) is 20.6 Å². The van der Waals surface area contributed by atoms with Crippen LogP contribution < -0.4 is 11.1 Å². The number of nitrogens with two attached hydrogens (primary N) is 1. The fraction of sp³-hybridized carbons (Fsp3) is 0.864. The lowest BCUT2D eigenvalue weighted by Crippen LogP contribution is -2.56. The van der Waals surface area contributed by atoms with Crippen molar-refractivity contribution in [3.05, 3.63) is 0 Å². The largest absolute Gasteiger partial charge is 0.481 e. The molecule has 1 unspecified atom stereocenters. The SMILES string of the molecule is N=C(N)N1CCC(OCC[C@@H]2CCCCN2C(=O)[C@H](CC(=O)O)NC2CCCOC2)CC1. The number of carboxylic acid groups (broad SMARTS) is 1. The highest BCUT2D eigenvalue weighted by atomic mass is 16.5. The third-order valence-corrected chi connectivity index (χ3v) is 6.77. The second kappa shape index (κ2) is 12.4. The average Bonchev–Trinajstić information content (AvgIpc) is 2.79. The lowest BCUT2D eigenvalue weighted by atomic mass is 9.97. The number of hydrogen-bond donors (Lipinski definition) is 4. The maximum absolute atomic E-state index is 13.4. The van der Waals surface area contributed by atoms with E-state index in [9.17, 15) is 14.7 Å². The van der Waals surface area contributed by atoms with Crippen LogP contribution in [-0.2, 0) is 19.1 Å². The highest BCUT2D eigenvalue weighted by Crippen LogP contribution is 2.23. The summed E-state index contributed by atoms with van der Waals surface area (Å²) in [7, 11) is 0. The van der Waals surface area contributed by atoms with Gasteiger partial charge in [0.05, 0.1) is 25.2 Å². The number of carbonyl (C=O) groups is 2. The Hall–Kier alpha value is -1.91. The Labute approximate surface area is 190 Å². The normalized spacial score (nSPS) is 26.0. The summed E-state index contributed by atoms with van der Waals surface area (Å²) in [5.74, 6) is -0.970. The van der Waals surface area contributed by atoms with Crippen LogP contribution in [0, 0.1) is 5.41 Å². The Bertz CT molecular complexity index is 634. The molecule has 0 aromatic rings. The molecule has 0 aliphatic carbocycles. The Morgan fingerprint density at radius 1 is 1.16 bits per heavy atom. The first-order valence-corrected chi connectivity index (χ1v) is 12.0. The van der Waals surface area contributed by atoms with Gasteiger partial charge < -0.3 is 35.4 Å². The molecule has 182 valence electrons. The second-order valence-corrected chi connectivity index (χ2v) is 9.14. The van der Waals surface area contributed by atoms with Crippen molar-refractivity contribution >= 4 is 17.8 Å². The third-order valence-electron chi connectivity index (χ3n) is 6.77. The van der Waals surface area contributed by atoms with Crippen molar-refractivity contribution in [3.8, 4) is 0 Å². The second-order valence-electron chi connectivity index (χ2n) is 9.14. The van der Waals surface area contributed by atoms with Gasteiger partial charge in [0.1, 0.15) is 0 Å². The van der Waals surface area contributed by atoms with Gasteiger partial charge in [-0.1, -0.05) is 0 Å². The number of carbonyl (C=O) groups excluding carboxylic acids is 1. The van der Waals surface area contributed by atoms with E-state index in [2.05, 4.69) is 5.32 Å². The van der Waals surface area contributed by atoms with Crippen LogP contribution >= 0.6 is 0 Å². The van der Waals surface area contributed by atoms with Crippen molar-refractivity contribution in [2.24, 2.45) is 5.73 Å². The highest BCUT2D eigenvalue weighted by molar-refractivity contribution is 5.86. The molecule has 0 saturated carbocycles. The van der Waals surface area contributed by atoms with Crippen LogP contribution in [0.4, 0.5) is 0 Å². The molecule has 10 heteroatoms. The molecule has 3 saturated heterocycles. The van der Waals surface area contributed by atoms with Gasteiger partial charge in [0, 0.05) is 44.9 Å². The van der Waals surface area contributed by atoms with Crippen LogP contribution in [-0.4, -0.2) is 96.4 Å². The zero-order valence-corrected chi connectivity index (χ0v) is 19.0. The standard InChI is InChI=1S/C22H39N5O5/c23-22(24)26-10-6-18(7-11-26)32-13-8-17-5-1-2-9-27(17)21(30)19(14-20(28)29)25-16-4-3-12-31-15-16/h16-19,25H,1-15H2,(H3,23,24)(H,28,29)/t16?,17-,19-/m0/s1. The van der Waals surface area contributed by atoms with E-state index in [0.29, 0.717) is 19.8 Å². The molecule has 5 N–H and O–H groups in total. The highest BCUT2D eigenvalue weighted by Gasteiger charge is 2.34. The molecule has 0 spiro atoms. The first-order valence-electron chi connectivity index (χ1n) is 12.0. The number of piperidine rings is 2. The van der Waals surface area contributed by atoms with Crippen LogP contribution in [0.25, 0.3) is 0 Å². The number of hydrogen-bond acceptors (Lipinski definition) is 6. The van der Waals surface area contributed by atoms with Crippen LogP contribution in [0.1, 0.15) is 57.8 Å². The van der Waals surface area contributed by atoms with Crippen LogP contribution in [0.5, 0.6) is 0 Å². The van der Waals surface area contributed by atoms with Crippen molar-refractivity contribution < 1.29 is 24.2 Å². The predicted octanol–water partition coefficient (Wildman–Crippen LogP) is 0.744. The number of nitrogens with one attached hydrogen (secondary N) is 2. The van der Waals surface area contributed by atoms with Gasteiger partial charge >= 0.3 is 5.97 Å². The summed E-state index contributed by atoms with van der Waals surface area (Å²) in [6.45, 7) is 3.95. The summed E-state index contributed by atoms with van der Waals surface area (Å²) in [6.07, 6.45) is 7.13. The number of aliphatic carboxylic acids is 1. The van der Waals surface area contributed by atoms with Gasteiger partial charge in [-0.05, 0) is 51.4 Å². The van der Waals surface area contributed by atoms with Gasteiger partial charge in [-0.3, -0.25) is 15.0 Å². The summed E-state index contributed by atoms with van der Waals surface area (Å²) < 4.78 is 11.6. The number of carboxylic acids is 1. The molecule has 0 aromatic carbocycles. The van der Waals surface area contributed by atoms with Crippen molar-refractivity contribution in [2.75, 3.05) is 39.5 Å².